The Morgan fingerprint density at radius 3 is 3.00 bits per heavy atom. The minimum absolute atomic E-state index is 0.0369. The first kappa shape index (κ1) is 13.7. The summed E-state index contributed by atoms with van der Waals surface area (Å²) in [5.41, 5.74) is 2.04. The van der Waals surface area contributed by atoms with Crippen LogP contribution >= 0.6 is 11.8 Å². The van der Waals surface area contributed by atoms with Crippen LogP contribution in [0.25, 0.3) is 0 Å². The molecule has 5 heteroatoms. The first-order chi connectivity index (χ1) is 9.11. The molecule has 0 spiro atoms. The third-order valence-corrected chi connectivity index (χ3v) is 3.55. The topological polar surface area (TPSA) is 58.9 Å². The number of hydrogen-bond donors (Lipinski definition) is 1. The zero-order chi connectivity index (χ0) is 13.8. The van der Waals surface area contributed by atoms with E-state index in [1.165, 1.54) is 11.8 Å². The minimum Gasteiger partial charge on any atom is -0.510 e. The van der Waals surface area contributed by atoms with Gasteiger partial charge in [-0.3, -0.25) is 0 Å². The van der Waals surface area contributed by atoms with Gasteiger partial charge in [0.1, 0.15) is 16.4 Å². The van der Waals surface area contributed by atoms with Crippen molar-refractivity contribution in [2.75, 3.05) is 12.4 Å². The van der Waals surface area contributed by atoms with Crippen LogP contribution in [-0.2, 0) is 9.53 Å². The summed E-state index contributed by atoms with van der Waals surface area (Å²) >= 11 is 1.34. The molecule has 0 saturated heterocycles. The van der Waals surface area contributed by atoms with Gasteiger partial charge in [0, 0.05) is 0 Å². The smallest absolute Gasteiger partial charge is 0.344 e. The number of thioether (sulfide) groups is 1. The lowest BCUT2D eigenvalue weighted by Gasteiger charge is -2.04. The molecular formula is C14H15NO3S. The summed E-state index contributed by atoms with van der Waals surface area (Å²) in [6, 6.07) is 7.66. The number of carbonyl (C=O) groups excluding carboxylic acids is 1. The summed E-state index contributed by atoms with van der Waals surface area (Å²) in [7, 11) is 0. The number of carbonyl (C=O) groups is 1. The van der Waals surface area contributed by atoms with Crippen molar-refractivity contribution < 1.29 is 14.6 Å². The van der Waals surface area contributed by atoms with Gasteiger partial charge in [-0.15, -0.1) is 0 Å². The van der Waals surface area contributed by atoms with Gasteiger partial charge in [0.2, 0.25) is 0 Å². The molecule has 0 aromatic heterocycles. The number of aliphatic hydroxyl groups is 1. The van der Waals surface area contributed by atoms with Gasteiger partial charge in [-0.25, -0.2) is 9.79 Å². The van der Waals surface area contributed by atoms with Crippen molar-refractivity contribution in [3.63, 3.8) is 0 Å². The van der Waals surface area contributed by atoms with E-state index in [9.17, 15) is 9.90 Å². The van der Waals surface area contributed by atoms with Gasteiger partial charge < -0.3 is 9.84 Å². The van der Waals surface area contributed by atoms with Crippen molar-refractivity contribution in [3.05, 3.63) is 41.2 Å². The van der Waals surface area contributed by atoms with E-state index in [1.807, 2.05) is 31.2 Å². The van der Waals surface area contributed by atoms with E-state index in [4.69, 9.17) is 4.74 Å². The zero-order valence-corrected chi connectivity index (χ0v) is 11.7. The van der Waals surface area contributed by atoms with Gasteiger partial charge >= 0.3 is 5.97 Å². The SMILES string of the molecule is CCOC(=O)C1=C(O)CSC1=Nc1cccc(C)c1. The molecule has 1 aliphatic heterocycles. The molecule has 1 heterocycles. The number of rotatable bonds is 3. The predicted molar refractivity (Wildman–Crippen MR) is 77.0 cm³/mol. The molecule has 1 aliphatic rings. The van der Waals surface area contributed by atoms with Crippen LogP contribution in [0, 0.1) is 6.92 Å². The number of hydrogen-bond acceptors (Lipinski definition) is 5. The lowest BCUT2D eigenvalue weighted by Crippen LogP contribution is -2.12. The highest BCUT2D eigenvalue weighted by Crippen LogP contribution is 2.30. The number of aliphatic imine (C=N–C) groups is 1. The highest BCUT2D eigenvalue weighted by Gasteiger charge is 2.29. The van der Waals surface area contributed by atoms with E-state index in [2.05, 4.69) is 4.99 Å². The summed E-state index contributed by atoms with van der Waals surface area (Å²) in [6.45, 7) is 3.98. The van der Waals surface area contributed by atoms with Crippen LogP contribution in [0.1, 0.15) is 12.5 Å². The quantitative estimate of drug-likeness (QED) is 0.862. The van der Waals surface area contributed by atoms with Gasteiger partial charge in [0.05, 0.1) is 18.0 Å². The van der Waals surface area contributed by atoms with Crippen LogP contribution in [-0.4, -0.2) is 28.5 Å². The first-order valence-corrected chi connectivity index (χ1v) is 6.98. The molecule has 0 fully saturated rings. The third-order valence-electron chi connectivity index (χ3n) is 2.56. The molecule has 0 radical (unpaired) electrons. The van der Waals surface area contributed by atoms with E-state index in [0.717, 1.165) is 11.3 Å². The summed E-state index contributed by atoms with van der Waals surface area (Å²) in [6.07, 6.45) is 0. The predicted octanol–water partition coefficient (Wildman–Crippen LogP) is 3.15. The van der Waals surface area contributed by atoms with Gasteiger partial charge in [-0.1, -0.05) is 23.9 Å². The number of aryl methyl sites for hydroxylation is 1. The first-order valence-electron chi connectivity index (χ1n) is 5.99. The second-order valence-corrected chi connectivity index (χ2v) is 5.05. The third kappa shape index (κ3) is 3.17. The second-order valence-electron chi connectivity index (χ2n) is 4.09. The number of aliphatic hydroxyl groups excluding tert-OH is 1. The van der Waals surface area contributed by atoms with Gasteiger partial charge in [-0.2, -0.15) is 0 Å². The molecule has 4 nitrogen and oxygen atoms in total. The molecule has 1 aromatic rings. The Kier molecular flexibility index (Phi) is 4.27. The number of esters is 1. The largest absolute Gasteiger partial charge is 0.510 e. The highest BCUT2D eigenvalue weighted by molar-refractivity contribution is 8.15. The van der Waals surface area contributed by atoms with Crippen LogP contribution in [0.4, 0.5) is 5.69 Å². The maximum Gasteiger partial charge on any atom is 0.344 e. The molecule has 19 heavy (non-hydrogen) atoms. The maximum atomic E-state index is 11.8. The molecule has 0 unspecified atom stereocenters. The Bertz CT molecular complexity index is 564. The number of ether oxygens (including phenoxy) is 1. The Morgan fingerprint density at radius 2 is 2.32 bits per heavy atom. The minimum atomic E-state index is -0.517. The fraction of sp³-hybridized carbons (Fsp3) is 0.286. The van der Waals surface area contributed by atoms with E-state index < -0.39 is 5.97 Å². The fourth-order valence-corrected chi connectivity index (χ4v) is 2.65. The standard InChI is InChI=1S/C14H15NO3S/c1-3-18-14(17)12-11(16)8-19-13(12)15-10-6-4-5-9(2)7-10/h4-7,16H,3,8H2,1-2H3. The molecule has 0 amide bonds. The summed E-state index contributed by atoms with van der Waals surface area (Å²) in [4.78, 5) is 16.2. The summed E-state index contributed by atoms with van der Waals surface area (Å²) in [5.74, 6) is -0.120. The average Bonchev–Trinajstić information content (AvgIpc) is 2.71. The van der Waals surface area contributed by atoms with E-state index in [-0.39, 0.29) is 17.9 Å². The van der Waals surface area contributed by atoms with Gasteiger partial charge in [0.25, 0.3) is 0 Å². The van der Waals surface area contributed by atoms with Gasteiger partial charge in [-0.05, 0) is 31.5 Å². The average molecular weight is 277 g/mol. The molecule has 0 bridgehead atoms. The lowest BCUT2D eigenvalue weighted by atomic mass is 10.2. The Morgan fingerprint density at radius 1 is 1.53 bits per heavy atom. The molecular weight excluding hydrogens is 262 g/mol. The van der Waals surface area contributed by atoms with Crippen molar-refractivity contribution in [2.24, 2.45) is 4.99 Å². The monoisotopic (exact) mass is 277 g/mol. The van der Waals surface area contributed by atoms with Crippen LogP contribution in [0.2, 0.25) is 0 Å². The maximum absolute atomic E-state index is 11.8. The summed E-state index contributed by atoms with van der Waals surface area (Å²) in [5, 5.41) is 10.3. The van der Waals surface area contributed by atoms with Crippen LogP contribution < -0.4 is 0 Å². The van der Waals surface area contributed by atoms with Crippen molar-refractivity contribution in [1.82, 2.24) is 0 Å². The van der Waals surface area contributed by atoms with Crippen LogP contribution in [0.3, 0.4) is 0 Å². The molecule has 0 atom stereocenters. The molecule has 0 aliphatic carbocycles. The lowest BCUT2D eigenvalue weighted by molar-refractivity contribution is -0.138. The van der Waals surface area contributed by atoms with Crippen molar-refractivity contribution in [3.8, 4) is 0 Å². The van der Waals surface area contributed by atoms with E-state index in [1.54, 1.807) is 6.92 Å². The second kappa shape index (κ2) is 5.93. The van der Waals surface area contributed by atoms with Gasteiger partial charge in [0.15, 0.2) is 0 Å². The normalized spacial score (nSPS) is 17.1. The van der Waals surface area contributed by atoms with E-state index >= 15 is 0 Å². The Hall–Kier alpha value is -1.75. The highest BCUT2D eigenvalue weighted by atomic mass is 32.2. The Balaban J connectivity index is 2.32. The molecule has 1 N–H and O–H groups in total. The number of nitrogens with zero attached hydrogens (tertiary/aromatic N) is 1. The van der Waals surface area contributed by atoms with Crippen molar-refractivity contribution in [1.29, 1.82) is 0 Å². The molecule has 0 saturated carbocycles. The van der Waals surface area contributed by atoms with Crippen LogP contribution in [0.5, 0.6) is 0 Å². The summed E-state index contributed by atoms with van der Waals surface area (Å²) < 4.78 is 4.94. The van der Waals surface area contributed by atoms with Crippen molar-refractivity contribution >= 4 is 28.5 Å². The van der Waals surface area contributed by atoms with Crippen LogP contribution in [0.15, 0.2) is 40.6 Å². The van der Waals surface area contributed by atoms with E-state index in [0.29, 0.717) is 10.8 Å². The Labute approximate surface area is 116 Å². The molecule has 2 rings (SSSR count). The molecule has 100 valence electrons. The fourth-order valence-electron chi connectivity index (χ4n) is 1.72. The van der Waals surface area contributed by atoms with Crippen molar-refractivity contribution in [2.45, 2.75) is 13.8 Å². The number of benzene rings is 1. The molecule has 1 aromatic carbocycles. The zero-order valence-electron chi connectivity index (χ0n) is 10.8.